The molecule has 0 saturated carbocycles. The minimum Gasteiger partial charge on any atom is -0.337 e. The summed E-state index contributed by atoms with van der Waals surface area (Å²) in [6.45, 7) is 3.75. The number of benzene rings is 2. The maximum Gasteiger partial charge on any atom is 0.253 e. The SMILES string of the molecule is O=C(c1ccc(Cl)cc1)N1CC[C@@H](N2CCc3ccccc3C2)C1. The highest BCUT2D eigenvalue weighted by molar-refractivity contribution is 6.30. The molecule has 0 radical (unpaired) electrons. The summed E-state index contributed by atoms with van der Waals surface area (Å²) in [5, 5.41) is 0.665. The molecule has 124 valence electrons. The van der Waals surface area contributed by atoms with Crippen LogP contribution in [0.4, 0.5) is 0 Å². The van der Waals surface area contributed by atoms with E-state index in [-0.39, 0.29) is 5.91 Å². The van der Waals surface area contributed by atoms with Gasteiger partial charge < -0.3 is 4.90 Å². The number of likely N-dealkylation sites (tertiary alicyclic amines) is 1. The van der Waals surface area contributed by atoms with Gasteiger partial charge in [0.1, 0.15) is 0 Å². The number of carbonyl (C=O) groups excluding carboxylic acids is 1. The van der Waals surface area contributed by atoms with Crippen LogP contribution >= 0.6 is 11.6 Å². The lowest BCUT2D eigenvalue weighted by Crippen LogP contribution is -2.41. The molecule has 2 aromatic carbocycles. The number of nitrogens with zero attached hydrogens (tertiary/aromatic N) is 2. The summed E-state index contributed by atoms with van der Waals surface area (Å²) >= 11 is 5.91. The van der Waals surface area contributed by atoms with Gasteiger partial charge in [-0.05, 0) is 48.2 Å². The number of hydrogen-bond donors (Lipinski definition) is 0. The van der Waals surface area contributed by atoms with Crippen LogP contribution in [-0.2, 0) is 13.0 Å². The molecule has 3 nitrogen and oxygen atoms in total. The van der Waals surface area contributed by atoms with Gasteiger partial charge in [0.15, 0.2) is 0 Å². The van der Waals surface area contributed by atoms with Crippen molar-refractivity contribution in [2.75, 3.05) is 19.6 Å². The van der Waals surface area contributed by atoms with Crippen molar-refractivity contribution in [2.24, 2.45) is 0 Å². The van der Waals surface area contributed by atoms with Crippen LogP contribution in [0.2, 0.25) is 5.02 Å². The van der Waals surface area contributed by atoms with Crippen molar-refractivity contribution >= 4 is 17.5 Å². The zero-order valence-corrected chi connectivity index (χ0v) is 14.4. The van der Waals surface area contributed by atoms with Gasteiger partial charge in [-0.1, -0.05) is 35.9 Å². The summed E-state index contributed by atoms with van der Waals surface area (Å²) in [6.07, 6.45) is 2.17. The first-order valence-corrected chi connectivity index (χ1v) is 8.94. The molecule has 1 atom stereocenters. The van der Waals surface area contributed by atoms with Crippen LogP contribution in [0.15, 0.2) is 48.5 Å². The van der Waals surface area contributed by atoms with Gasteiger partial charge in [0.25, 0.3) is 5.91 Å². The summed E-state index contributed by atoms with van der Waals surface area (Å²) in [5.74, 6) is 0.117. The van der Waals surface area contributed by atoms with E-state index in [0.717, 1.165) is 44.6 Å². The first-order chi connectivity index (χ1) is 11.7. The molecule has 0 spiro atoms. The van der Waals surface area contributed by atoms with E-state index in [2.05, 4.69) is 29.2 Å². The lowest BCUT2D eigenvalue weighted by atomic mass is 9.98. The van der Waals surface area contributed by atoms with Crippen molar-refractivity contribution in [1.29, 1.82) is 0 Å². The summed E-state index contributed by atoms with van der Waals surface area (Å²) in [7, 11) is 0. The van der Waals surface area contributed by atoms with Gasteiger partial charge in [-0.2, -0.15) is 0 Å². The molecule has 0 N–H and O–H groups in total. The van der Waals surface area contributed by atoms with Crippen LogP contribution in [0.25, 0.3) is 0 Å². The topological polar surface area (TPSA) is 23.6 Å². The normalized spacial score (nSPS) is 20.9. The molecule has 1 fully saturated rings. The fourth-order valence-corrected chi connectivity index (χ4v) is 3.95. The van der Waals surface area contributed by atoms with E-state index >= 15 is 0 Å². The Morgan fingerprint density at radius 1 is 1.00 bits per heavy atom. The van der Waals surface area contributed by atoms with E-state index in [1.54, 1.807) is 12.1 Å². The van der Waals surface area contributed by atoms with Gasteiger partial charge >= 0.3 is 0 Å². The number of hydrogen-bond acceptors (Lipinski definition) is 2. The summed E-state index contributed by atoms with van der Waals surface area (Å²) in [6, 6.07) is 16.4. The van der Waals surface area contributed by atoms with Crippen LogP contribution in [0.5, 0.6) is 0 Å². The number of rotatable bonds is 2. The second kappa shape index (κ2) is 6.58. The third-order valence-corrected chi connectivity index (χ3v) is 5.47. The Labute approximate surface area is 147 Å². The van der Waals surface area contributed by atoms with E-state index < -0.39 is 0 Å². The highest BCUT2D eigenvalue weighted by atomic mass is 35.5. The molecule has 1 amide bonds. The fourth-order valence-electron chi connectivity index (χ4n) is 3.83. The summed E-state index contributed by atoms with van der Waals surface area (Å²) < 4.78 is 0. The average Bonchev–Trinajstić information content (AvgIpc) is 3.11. The van der Waals surface area contributed by atoms with Crippen molar-refractivity contribution in [2.45, 2.75) is 25.4 Å². The zero-order valence-electron chi connectivity index (χ0n) is 13.6. The van der Waals surface area contributed by atoms with Crippen LogP contribution in [0.3, 0.4) is 0 Å². The largest absolute Gasteiger partial charge is 0.337 e. The zero-order chi connectivity index (χ0) is 16.5. The number of fused-ring (bicyclic) bond motifs is 1. The van der Waals surface area contributed by atoms with Gasteiger partial charge in [0, 0.05) is 42.8 Å². The number of carbonyl (C=O) groups is 1. The molecule has 1 saturated heterocycles. The smallest absolute Gasteiger partial charge is 0.253 e. The molecule has 24 heavy (non-hydrogen) atoms. The van der Waals surface area contributed by atoms with E-state index in [4.69, 9.17) is 11.6 Å². The highest BCUT2D eigenvalue weighted by Gasteiger charge is 2.32. The van der Waals surface area contributed by atoms with Crippen molar-refractivity contribution < 1.29 is 4.79 Å². The van der Waals surface area contributed by atoms with E-state index in [1.807, 2.05) is 17.0 Å². The Kier molecular flexibility index (Phi) is 4.30. The molecular weight excluding hydrogens is 320 g/mol. The molecule has 0 aromatic heterocycles. The first-order valence-electron chi connectivity index (χ1n) is 8.56. The molecule has 4 heteroatoms. The van der Waals surface area contributed by atoms with Gasteiger partial charge in [0.05, 0.1) is 0 Å². The Hall–Kier alpha value is -1.84. The molecule has 4 rings (SSSR count). The molecule has 2 aromatic rings. The molecule has 0 aliphatic carbocycles. The molecular formula is C20H21ClN2O. The molecule has 2 heterocycles. The Balaban J connectivity index is 1.42. The van der Waals surface area contributed by atoms with Crippen LogP contribution < -0.4 is 0 Å². The van der Waals surface area contributed by atoms with Crippen LogP contribution in [0.1, 0.15) is 27.9 Å². The summed E-state index contributed by atoms with van der Waals surface area (Å²) in [5.41, 5.74) is 3.64. The minimum atomic E-state index is 0.117. The average molecular weight is 341 g/mol. The van der Waals surface area contributed by atoms with Crippen molar-refractivity contribution in [3.8, 4) is 0 Å². The van der Waals surface area contributed by atoms with Crippen molar-refractivity contribution in [3.63, 3.8) is 0 Å². The maximum absolute atomic E-state index is 12.6. The number of halogens is 1. The quantitative estimate of drug-likeness (QED) is 0.833. The first kappa shape index (κ1) is 15.7. The minimum absolute atomic E-state index is 0.117. The van der Waals surface area contributed by atoms with Gasteiger partial charge in [-0.25, -0.2) is 0 Å². The molecule has 0 unspecified atom stereocenters. The summed E-state index contributed by atoms with van der Waals surface area (Å²) in [4.78, 5) is 17.2. The third-order valence-electron chi connectivity index (χ3n) is 5.22. The lowest BCUT2D eigenvalue weighted by molar-refractivity contribution is 0.0773. The monoisotopic (exact) mass is 340 g/mol. The van der Waals surface area contributed by atoms with Gasteiger partial charge in [-0.3, -0.25) is 9.69 Å². The van der Waals surface area contributed by atoms with Crippen molar-refractivity contribution in [3.05, 3.63) is 70.2 Å². The van der Waals surface area contributed by atoms with E-state index in [1.165, 1.54) is 11.1 Å². The second-order valence-electron chi connectivity index (χ2n) is 6.69. The fraction of sp³-hybridized carbons (Fsp3) is 0.350. The van der Waals surface area contributed by atoms with Gasteiger partial charge in [-0.15, -0.1) is 0 Å². The molecule has 2 aliphatic rings. The van der Waals surface area contributed by atoms with E-state index in [0.29, 0.717) is 11.1 Å². The van der Waals surface area contributed by atoms with Crippen LogP contribution in [-0.4, -0.2) is 41.4 Å². The molecule has 0 bridgehead atoms. The predicted octanol–water partition coefficient (Wildman–Crippen LogP) is 3.61. The highest BCUT2D eigenvalue weighted by Crippen LogP contribution is 2.25. The maximum atomic E-state index is 12.6. The Morgan fingerprint density at radius 3 is 2.54 bits per heavy atom. The standard InChI is InChI=1S/C20H21ClN2O/c21-18-7-5-16(6-8-18)20(24)23-12-10-19(14-23)22-11-9-15-3-1-2-4-17(15)13-22/h1-8,19H,9-14H2/t19-/m1/s1. The lowest BCUT2D eigenvalue weighted by Gasteiger charge is -2.33. The van der Waals surface area contributed by atoms with Crippen molar-refractivity contribution in [1.82, 2.24) is 9.80 Å². The third kappa shape index (κ3) is 3.06. The number of amides is 1. The van der Waals surface area contributed by atoms with Crippen LogP contribution in [0, 0.1) is 0 Å². The Morgan fingerprint density at radius 2 is 1.75 bits per heavy atom. The second-order valence-corrected chi connectivity index (χ2v) is 7.13. The predicted molar refractivity (Wildman–Crippen MR) is 96.3 cm³/mol. The van der Waals surface area contributed by atoms with Gasteiger partial charge in [0.2, 0.25) is 0 Å². The molecule has 2 aliphatic heterocycles. The van der Waals surface area contributed by atoms with E-state index in [9.17, 15) is 4.79 Å². The Bertz CT molecular complexity index is 744.